The van der Waals surface area contributed by atoms with Crippen molar-refractivity contribution in [2.75, 3.05) is 19.2 Å². The first kappa shape index (κ1) is 22.1. The Morgan fingerprint density at radius 1 is 1.13 bits per heavy atom. The molecule has 0 saturated heterocycles. The van der Waals surface area contributed by atoms with Crippen LogP contribution in [-0.4, -0.2) is 35.0 Å². The Labute approximate surface area is 181 Å². The SMILES string of the molecule is COc1cccc(N(N)C(=O)N(C)N)c1COc1ccc(-c2nn(C)cc2C)cc1C. The number of hydrogen-bond acceptors (Lipinski definition) is 6. The summed E-state index contributed by atoms with van der Waals surface area (Å²) in [6.45, 7) is 4.16. The van der Waals surface area contributed by atoms with Crippen molar-refractivity contribution in [1.82, 2.24) is 14.8 Å². The Morgan fingerprint density at radius 2 is 1.87 bits per heavy atom. The molecule has 0 aliphatic heterocycles. The van der Waals surface area contributed by atoms with Crippen LogP contribution in [0.1, 0.15) is 16.7 Å². The first-order chi connectivity index (χ1) is 14.7. The van der Waals surface area contributed by atoms with E-state index < -0.39 is 6.03 Å². The van der Waals surface area contributed by atoms with Crippen molar-refractivity contribution >= 4 is 11.7 Å². The predicted octanol–water partition coefficient (Wildman–Crippen LogP) is 2.90. The van der Waals surface area contributed by atoms with Gasteiger partial charge < -0.3 is 9.47 Å². The van der Waals surface area contributed by atoms with E-state index in [1.54, 1.807) is 30.0 Å². The number of hydrazine groups is 2. The summed E-state index contributed by atoms with van der Waals surface area (Å²) in [5.74, 6) is 12.8. The van der Waals surface area contributed by atoms with Gasteiger partial charge in [-0.3, -0.25) is 9.69 Å². The molecule has 2 amide bonds. The maximum atomic E-state index is 12.2. The highest BCUT2D eigenvalue weighted by Gasteiger charge is 2.21. The number of methoxy groups -OCH3 is 1. The third-order valence-corrected chi connectivity index (χ3v) is 4.93. The molecular weight excluding hydrogens is 396 g/mol. The van der Waals surface area contributed by atoms with Crippen molar-refractivity contribution in [3.8, 4) is 22.8 Å². The van der Waals surface area contributed by atoms with Gasteiger partial charge in [0, 0.05) is 25.9 Å². The van der Waals surface area contributed by atoms with E-state index >= 15 is 0 Å². The lowest BCUT2D eigenvalue weighted by Gasteiger charge is -2.24. The van der Waals surface area contributed by atoms with Gasteiger partial charge in [0.05, 0.1) is 24.1 Å². The van der Waals surface area contributed by atoms with Crippen molar-refractivity contribution in [3.05, 3.63) is 59.3 Å². The van der Waals surface area contributed by atoms with Gasteiger partial charge in [0.2, 0.25) is 0 Å². The summed E-state index contributed by atoms with van der Waals surface area (Å²) in [6.07, 6.45) is 1.98. The lowest BCUT2D eigenvalue weighted by atomic mass is 10.1. The highest BCUT2D eigenvalue weighted by molar-refractivity contribution is 5.91. The molecule has 1 heterocycles. The number of aryl methyl sites for hydroxylation is 3. The molecule has 0 spiro atoms. The Kier molecular flexibility index (Phi) is 6.47. The largest absolute Gasteiger partial charge is 0.496 e. The maximum Gasteiger partial charge on any atom is 0.352 e. The molecule has 0 radical (unpaired) electrons. The molecule has 2 aromatic carbocycles. The number of hydrogen-bond donors (Lipinski definition) is 2. The van der Waals surface area contributed by atoms with E-state index in [2.05, 4.69) is 5.10 Å². The van der Waals surface area contributed by atoms with Gasteiger partial charge in [0.25, 0.3) is 0 Å². The van der Waals surface area contributed by atoms with Crippen LogP contribution < -0.4 is 26.2 Å². The summed E-state index contributed by atoms with van der Waals surface area (Å²) in [7, 11) is 4.88. The van der Waals surface area contributed by atoms with Crippen LogP contribution >= 0.6 is 0 Å². The van der Waals surface area contributed by atoms with E-state index in [4.69, 9.17) is 21.2 Å². The second kappa shape index (κ2) is 9.07. The van der Waals surface area contributed by atoms with Crippen LogP contribution in [0, 0.1) is 13.8 Å². The molecule has 3 rings (SSSR count). The molecule has 4 N–H and O–H groups in total. The topological polar surface area (TPSA) is 112 Å². The molecule has 0 aliphatic carbocycles. The zero-order valence-corrected chi connectivity index (χ0v) is 18.4. The van der Waals surface area contributed by atoms with Gasteiger partial charge in [-0.1, -0.05) is 6.07 Å². The first-order valence-electron chi connectivity index (χ1n) is 9.70. The highest BCUT2D eigenvalue weighted by Crippen LogP contribution is 2.32. The van der Waals surface area contributed by atoms with E-state index in [9.17, 15) is 4.79 Å². The van der Waals surface area contributed by atoms with Gasteiger partial charge in [-0.25, -0.2) is 21.5 Å². The normalized spacial score (nSPS) is 10.7. The number of aromatic nitrogens is 2. The van der Waals surface area contributed by atoms with Crippen LogP contribution in [0.15, 0.2) is 42.6 Å². The molecule has 0 unspecified atom stereocenters. The molecule has 0 aliphatic rings. The number of benzene rings is 2. The predicted molar refractivity (Wildman–Crippen MR) is 119 cm³/mol. The molecule has 0 atom stereocenters. The van der Waals surface area contributed by atoms with Gasteiger partial charge in [-0.15, -0.1) is 0 Å². The van der Waals surface area contributed by atoms with Gasteiger partial charge in [-0.05, 0) is 55.3 Å². The molecule has 1 aromatic heterocycles. The lowest BCUT2D eigenvalue weighted by molar-refractivity contribution is 0.216. The van der Waals surface area contributed by atoms with Crippen molar-refractivity contribution in [2.45, 2.75) is 20.5 Å². The van der Waals surface area contributed by atoms with Gasteiger partial charge in [0.1, 0.15) is 18.1 Å². The summed E-state index contributed by atoms with van der Waals surface area (Å²) in [6, 6.07) is 10.6. The summed E-state index contributed by atoms with van der Waals surface area (Å²) in [5, 5.41) is 6.41. The number of nitrogens with zero attached hydrogens (tertiary/aromatic N) is 4. The van der Waals surface area contributed by atoms with Crippen molar-refractivity contribution in [3.63, 3.8) is 0 Å². The third kappa shape index (κ3) is 4.62. The maximum absolute atomic E-state index is 12.2. The molecule has 31 heavy (non-hydrogen) atoms. The van der Waals surface area contributed by atoms with Crippen LogP contribution in [0.3, 0.4) is 0 Å². The molecule has 3 aromatic rings. The van der Waals surface area contributed by atoms with E-state index in [1.807, 2.05) is 45.3 Å². The molecule has 0 fully saturated rings. The van der Waals surface area contributed by atoms with E-state index in [-0.39, 0.29) is 6.61 Å². The fraction of sp³-hybridized carbons (Fsp3) is 0.273. The lowest BCUT2D eigenvalue weighted by Crippen LogP contribution is -2.49. The summed E-state index contributed by atoms with van der Waals surface area (Å²) < 4.78 is 13.3. The fourth-order valence-corrected chi connectivity index (χ4v) is 3.39. The van der Waals surface area contributed by atoms with Gasteiger partial charge in [0.15, 0.2) is 0 Å². The minimum Gasteiger partial charge on any atom is -0.496 e. The zero-order chi connectivity index (χ0) is 22.7. The number of amides is 2. The summed E-state index contributed by atoms with van der Waals surface area (Å²) >= 11 is 0. The number of carbonyl (C=O) groups excluding carboxylic acids is 1. The van der Waals surface area contributed by atoms with Gasteiger partial charge >= 0.3 is 6.03 Å². The molecule has 0 bridgehead atoms. The van der Waals surface area contributed by atoms with Crippen LogP contribution in [0.2, 0.25) is 0 Å². The van der Waals surface area contributed by atoms with Crippen LogP contribution in [-0.2, 0) is 13.7 Å². The fourth-order valence-electron chi connectivity index (χ4n) is 3.39. The van der Waals surface area contributed by atoms with Crippen molar-refractivity contribution in [1.29, 1.82) is 0 Å². The standard InChI is InChI=1S/C22H28N6O3/c1-14-11-16(21-15(2)12-26(3)25-21)9-10-19(14)31-13-17-18(7-6-8-20(17)30-5)28(24)22(29)27(4)23/h6-12H,13,23-24H2,1-5H3. The number of carbonyl (C=O) groups is 1. The van der Waals surface area contributed by atoms with Gasteiger partial charge in [-0.2, -0.15) is 5.10 Å². The minimum absolute atomic E-state index is 0.150. The average molecular weight is 425 g/mol. The van der Waals surface area contributed by atoms with Crippen molar-refractivity contribution < 1.29 is 14.3 Å². The monoisotopic (exact) mass is 424 g/mol. The summed E-state index contributed by atoms with van der Waals surface area (Å²) in [4.78, 5) is 12.2. The summed E-state index contributed by atoms with van der Waals surface area (Å²) in [5.41, 5.74) is 5.10. The van der Waals surface area contributed by atoms with Crippen LogP contribution in [0.5, 0.6) is 11.5 Å². The molecule has 9 heteroatoms. The van der Waals surface area contributed by atoms with Crippen molar-refractivity contribution in [2.24, 2.45) is 18.7 Å². The zero-order valence-electron chi connectivity index (χ0n) is 18.4. The molecular formula is C22H28N6O3. The number of rotatable bonds is 6. The Balaban J connectivity index is 1.87. The Hall–Kier alpha value is -3.56. The molecule has 0 saturated carbocycles. The quantitative estimate of drug-likeness (QED) is 0.357. The smallest absolute Gasteiger partial charge is 0.352 e. The highest BCUT2D eigenvalue weighted by atomic mass is 16.5. The van der Waals surface area contributed by atoms with Crippen LogP contribution in [0.4, 0.5) is 10.5 Å². The minimum atomic E-state index is -0.569. The number of ether oxygens (including phenoxy) is 2. The Morgan fingerprint density at radius 3 is 2.45 bits per heavy atom. The number of anilines is 1. The second-order valence-corrected chi connectivity index (χ2v) is 7.32. The first-order valence-corrected chi connectivity index (χ1v) is 9.70. The third-order valence-electron chi connectivity index (χ3n) is 4.93. The number of nitrogens with two attached hydrogens (primary N) is 2. The molecule has 9 nitrogen and oxygen atoms in total. The second-order valence-electron chi connectivity index (χ2n) is 7.32. The van der Waals surface area contributed by atoms with E-state index in [1.165, 1.54) is 7.05 Å². The number of urea groups is 1. The van der Waals surface area contributed by atoms with Crippen LogP contribution in [0.25, 0.3) is 11.3 Å². The Bertz CT molecular complexity index is 1090. The average Bonchev–Trinajstić information content (AvgIpc) is 3.09. The molecule has 164 valence electrons. The van der Waals surface area contributed by atoms with E-state index in [0.717, 1.165) is 32.4 Å². The van der Waals surface area contributed by atoms with E-state index in [0.29, 0.717) is 22.7 Å².